The third-order valence-corrected chi connectivity index (χ3v) is 10.5. The first-order valence-corrected chi connectivity index (χ1v) is 18.4. The SMILES string of the molecule is CC(C)(C)[S+]([O-])NC(c1nc2ccc(C(N)C3CC3)cc2n1COCC[Si](C)(C)C)[C@@H]1CCCCO1. The number of hydrogen-bond donors (Lipinski definition) is 2. The van der Waals surface area contributed by atoms with Gasteiger partial charge < -0.3 is 24.3 Å². The van der Waals surface area contributed by atoms with Crippen molar-refractivity contribution in [2.24, 2.45) is 11.7 Å². The summed E-state index contributed by atoms with van der Waals surface area (Å²) in [6.45, 7) is 14.9. The Hall–Kier alpha value is -0.943. The van der Waals surface area contributed by atoms with E-state index in [1.165, 1.54) is 12.8 Å². The van der Waals surface area contributed by atoms with Crippen molar-refractivity contribution in [1.82, 2.24) is 14.3 Å². The van der Waals surface area contributed by atoms with Crippen LogP contribution in [0.5, 0.6) is 0 Å². The zero-order valence-corrected chi connectivity index (χ0v) is 24.8. The maximum Gasteiger partial charge on any atom is 0.136 e. The Morgan fingerprint density at radius 2 is 2.00 bits per heavy atom. The van der Waals surface area contributed by atoms with E-state index in [1.807, 2.05) is 20.8 Å². The van der Waals surface area contributed by atoms with Crippen LogP contribution in [0.3, 0.4) is 0 Å². The van der Waals surface area contributed by atoms with Gasteiger partial charge in [-0.2, -0.15) is 0 Å². The van der Waals surface area contributed by atoms with Crippen molar-refractivity contribution in [2.75, 3.05) is 13.2 Å². The van der Waals surface area contributed by atoms with E-state index >= 15 is 0 Å². The standard InChI is InChI=1S/C27H46N4O3SSi/c1-27(2,3)35(32)30-25(23-9-7-8-14-34-23)26-29-21-13-12-20(24(28)19-10-11-19)17-22(21)31(26)18-33-15-16-36(4,5)6/h12-13,17,19,23-25,30H,7-11,14-16,18,28H2,1-6H3/t23-,24?,25?,35?/m0/s1. The van der Waals surface area contributed by atoms with Gasteiger partial charge in [-0.3, -0.25) is 0 Å². The molecule has 2 aliphatic rings. The molecule has 202 valence electrons. The van der Waals surface area contributed by atoms with Crippen molar-refractivity contribution in [1.29, 1.82) is 0 Å². The number of ether oxygens (including phenoxy) is 2. The van der Waals surface area contributed by atoms with Crippen LogP contribution in [0.15, 0.2) is 18.2 Å². The molecular formula is C27H46N4O3SSi. The molecule has 2 fully saturated rings. The molecule has 3 N–H and O–H groups in total. The lowest BCUT2D eigenvalue weighted by Crippen LogP contribution is -2.46. The Morgan fingerprint density at radius 3 is 2.61 bits per heavy atom. The molecule has 0 spiro atoms. The van der Waals surface area contributed by atoms with Gasteiger partial charge in [-0.25, -0.2) is 4.98 Å². The van der Waals surface area contributed by atoms with Crippen LogP contribution in [0.25, 0.3) is 11.0 Å². The second kappa shape index (κ2) is 11.4. The number of imidazole rings is 1. The Balaban J connectivity index is 1.71. The van der Waals surface area contributed by atoms with Crippen molar-refractivity contribution < 1.29 is 14.0 Å². The number of nitrogens with two attached hydrogens (primary N) is 1. The van der Waals surface area contributed by atoms with Gasteiger partial charge in [0.1, 0.15) is 23.3 Å². The van der Waals surface area contributed by atoms with Crippen LogP contribution in [0.4, 0.5) is 0 Å². The number of fused-ring (bicyclic) bond motifs is 1. The molecule has 4 atom stereocenters. The topological polar surface area (TPSA) is 97.4 Å². The first-order valence-electron chi connectivity index (χ1n) is 13.6. The van der Waals surface area contributed by atoms with E-state index in [4.69, 9.17) is 20.2 Å². The Bertz CT molecular complexity index is 1010. The summed E-state index contributed by atoms with van der Waals surface area (Å²) in [6, 6.07) is 7.25. The van der Waals surface area contributed by atoms with Crippen LogP contribution >= 0.6 is 0 Å². The van der Waals surface area contributed by atoms with Crippen LogP contribution in [-0.4, -0.2) is 46.2 Å². The lowest BCUT2D eigenvalue weighted by molar-refractivity contribution is -0.00763. The summed E-state index contributed by atoms with van der Waals surface area (Å²) in [7, 11) is -1.21. The molecule has 1 aromatic heterocycles. The van der Waals surface area contributed by atoms with Crippen LogP contribution < -0.4 is 10.5 Å². The second-order valence-corrected chi connectivity index (χ2v) is 20.4. The zero-order chi connectivity index (χ0) is 26.1. The average Bonchev–Trinajstić information content (AvgIpc) is 3.60. The molecule has 0 radical (unpaired) electrons. The maximum atomic E-state index is 13.3. The highest BCUT2D eigenvalue weighted by Gasteiger charge is 2.38. The molecular weight excluding hydrogens is 488 g/mol. The van der Waals surface area contributed by atoms with Gasteiger partial charge in [0.15, 0.2) is 0 Å². The number of nitrogens with one attached hydrogen (secondary N) is 1. The van der Waals surface area contributed by atoms with Crippen molar-refractivity contribution in [3.05, 3.63) is 29.6 Å². The number of aromatic nitrogens is 2. The Labute approximate surface area is 221 Å². The summed E-state index contributed by atoms with van der Waals surface area (Å²) in [5, 5.41) is 0. The lowest BCUT2D eigenvalue weighted by atomic mass is 10.0. The molecule has 36 heavy (non-hydrogen) atoms. The summed E-state index contributed by atoms with van der Waals surface area (Å²) < 4.78 is 30.9. The van der Waals surface area contributed by atoms with E-state index < -0.39 is 24.2 Å². The first-order chi connectivity index (χ1) is 16.9. The van der Waals surface area contributed by atoms with E-state index in [-0.39, 0.29) is 18.2 Å². The van der Waals surface area contributed by atoms with Gasteiger partial charge in [-0.1, -0.05) is 25.7 Å². The maximum absolute atomic E-state index is 13.3. The molecule has 9 heteroatoms. The Morgan fingerprint density at radius 1 is 1.25 bits per heavy atom. The van der Waals surface area contributed by atoms with Gasteiger partial charge in [-0.05, 0) is 82.5 Å². The van der Waals surface area contributed by atoms with E-state index in [0.29, 0.717) is 12.6 Å². The fourth-order valence-corrected chi connectivity index (χ4v) is 6.21. The number of nitrogens with zero attached hydrogens (tertiary/aromatic N) is 2. The fraction of sp³-hybridized carbons (Fsp3) is 0.741. The van der Waals surface area contributed by atoms with Crippen LogP contribution in [0.2, 0.25) is 25.7 Å². The van der Waals surface area contributed by atoms with Crippen LogP contribution in [0.1, 0.15) is 76.3 Å². The first kappa shape index (κ1) is 28.1. The molecule has 3 unspecified atom stereocenters. The highest BCUT2D eigenvalue weighted by molar-refractivity contribution is 7.90. The van der Waals surface area contributed by atoms with Gasteiger partial charge in [0.05, 0.1) is 17.1 Å². The summed E-state index contributed by atoms with van der Waals surface area (Å²) in [6.07, 6.45) is 5.38. The molecule has 0 amide bonds. The summed E-state index contributed by atoms with van der Waals surface area (Å²) in [4.78, 5) is 5.09. The van der Waals surface area contributed by atoms with E-state index in [9.17, 15) is 4.55 Å². The minimum absolute atomic E-state index is 0.0537. The molecule has 1 aliphatic heterocycles. The van der Waals surface area contributed by atoms with E-state index in [1.54, 1.807) is 0 Å². The number of hydrogen-bond acceptors (Lipinski definition) is 6. The van der Waals surface area contributed by atoms with Gasteiger partial charge in [0, 0.05) is 38.7 Å². The summed E-state index contributed by atoms with van der Waals surface area (Å²) in [5.74, 6) is 1.41. The smallest absolute Gasteiger partial charge is 0.136 e. The highest BCUT2D eigenvalue weighted by atomic mass is 32.2. The summed E-state index contributed by atoms with van der Waals surface area (Å²) in [5.41, 5.74) is 9.66. The largest absolute Gasteiger partial charge is 0.598 e. The quantitative estimate of drug-likeness (QED) is 0.227. The van der Waals surface area contributed by atoms with Crippen molar-refractivity contribution >= 4 is 30.5 Å². The third kappa shape index (κ3) is 7.12. The number of rotatable bonds is 11. The summed E-state index contributed by atoms with van der Waals surface area (Å²) >= 11 is -1.27. The fourth-order valence-electron chi connectivity index (χ4n) is 4.62. The zero-order valence-electron chi connectivity index (χ0n) is 23.0. The minimum Gasteiger partial charge on any atom is -0.598 e. The van der Waals surface area contributed by atoms with Crippen LogP contribution in [-0.2, 0) is 27.6 Å². The molecule has 1 aliphatic carbocycles. The van der Waals surface area contributed by atoms with Gasteiger partial charge in [0.2, 0.25) is 0 Å². The monoisotopic (exact) mass is 534 g/mol. The molecule has 4 rings (SSSR count). The molecule has 0 bridgehead atoms. The average molecular weight is 535 g/mol. The third-order valence-electron chi connectivity index (χ3n) is 7.19. The van der Waals surface area contributed by atoms with Gasteiger partial charge in [-0.15, -0.1) is 4.72 Å². The molecule has 7 nitrogen and oxygen atoms in total. The molecule has 1 aromatic carbocycles. The van der Waals surface area contributed by atoms with Crippen molar-refractivity contribution in [2.45, 2.75) is 108 Å². The predicted octanol–water partition coefficient (Wildman–Crippen LogP) is 5.42. The Kier molecular flexibility index (Phi) is 8.92. The van der Waals surface area contributed by atoms with Crippen molar-refractivity contribution in [3.8, 4) is 0 Å². The molecule has 1 saturated carbocycles. The molecule has 2 heterocycles. The van der Waals surface area contributed by atoms with E-state index in [0.717, 1.165) is 60.9 Å². The highest BCUT2D eigenvalue weighted by Crippen LogP contribution is 2.40. The molecule has 2 aromatic rings. The minimum atomic E-state index is -1.27. The number of benzene rings is 1. The predicted molar refractivity (Wildman–Crippen MR) is 151 cm³/mol. The lowest BCUT2D eigenvalue weighted by Gasteiger charge is -2.33. The molecule has 1 saturated heterocycles. The van der Waals surface area contributed by atoms with Gasteiger partial charge >= 0.3 is 0 Å². The van der Waals surface area contributed by atoms with Crippen LogP contribution in [0, 0.1) is 5.92 Å². The van der Waals surface area contributed by atoms with Crippen molar-refractivity contribution in [3.63, 3.8) is 0 Å². The second-order valence-electron chi connectivity index (χ2n) is 12.7. The normalized spacial score (nSPS) is 22.1. The van der Waals surface area contributed by atoms with Gasteiger partial charge in [0.25, 0.3) is 0 Å². The van der Waals surface area contributed by atoms with E-state index in [2.05, 4.69) is 47.1 Å².